The van der Waals surface area contributed by atoms with Crippen molar-refractivity contribution in [3.8, 4) is 0 Å². The Labute approximate surface area is 75.8 Å². The molecule has 0 N–H and O–H groups in total. The number of rotatable bonds is 2. The largest absolute Gasteiger partial charge is 0.130 e. The first-order valence-electron chi connectivity index (χ1n) is 3.95. The second-order valence-electron chi connectivity index (χ2n) is 3.06. The maximum atomic E-state index is 3.41. The van der Waals surface area contributed by atoms with E-state index in [1.54, 1.807) is 0 Å². The number of halogens is 1. The molecule has 0 unspecified atom stereocenters. The Morgan fingerprint density at radius 1 is 1.18 bits per heavy atom. The SMILES string of the molecule is Brc1ccc([CH+]C2CC2)cc1. The third-order valence-electron chi connectivity index (χ3n) is 1.92. The van der Waals surface area contributed by atoms with Gasteiger partial charge in [0.2, 0.25) is 0 Å². The third-order valence-corrected chi connectivity index (χ3v) is 2.45. The number of hydrogen-bond acceptors (Lipinski definition) is 0. The van der Waals surface area contributed by atoms with Gasteiger partial charge in [0.15, 0.2) is 0 Å². The van der Waals surface area contributed by atoms with Gasteiger partial charge in [0.05, 0.1) is 0 Å². The molecular formula is C10H10Br+. The quantitative estimate of drug-likeness (QED) is 0.656. The number of benzene rings is 1. The van der Waals surface area contributed by atoms with Crippen LogP contribution >= 0.6 is 15.9 Å². The first-order valence-corrected chi connectivity index (χ1v) is 4.74. The molecule has 2 rings (SSSR count). The lowest BCUT2D eigenvalue weighted by Crippen LogP contribution is -1.81. The molecule has 1 aliphatic rings. The van der Waals surface area contributed by atoms with E-state index in [1.165, 1.54) is 18.4 Å². The summed E-state index contributed by atoms with van der Waals surface area (Å²) >= 11 is 3.41. The Morgan fingerprint density at radius 3 is 2.36 bits per heavy atom. The van der Waals surface area contributed by atoms with Crippen LogP contribution in [-0.4, -0.2) is 0 Å². The predicted octanol–water partition coefficient (Wildman–Crippen LogP) is 3.41. The summed E-state index contributed by atoms with van der Waals surface area (Å²) in [6.07, 6.45) is 5.12. The van der Waals surface area contributed by atoms with Crippen molar-refractivity contribution < 1.29 is 0 Å². The minimum atomic E-state index is 0.871. The van der Waals surface area contributed by atoms with Gasteiger partial charge in [-0.25, -0.2) is 0 Å². The molecule has 1 heteroatoms. The Kier molecular flexibility index (Phi) is 1.91. The smallest absolute Gasteiger partial charge is 0.0483 e. The molecule has 0 atom stereocenters. The second kappa shape index (κ2) is 2.90. The fourth-order valence-electron chi connectivity index (χ4n) is 1.11. The van der Waals surface area contributed by atoms with E-state index in [0.717, 1.165) is 10.4 Å². The van der Waals surface area contributed by atoms with Crippen LogP contribution in [0.2, 0.25) is 0 Å². The third kappa shape index (κ3) is 2.00. The Morgan fingerprint density at radius 2 is 1.82 bits per heavy atom. The van der Waals surface area contributed by atoms with Crippen molar-refractivity contribution in [1.82, 2.24) is 0 Å². The maximum absolute atomic E-state index is 3.41. The van der Waals surface area contributed by atoms with Crippen LogP contribution in [0.15, 0.2) is 28.7 Å². The summed E-state index contributed by atoms with van der Waals surface area (Å²) in [5.41, 5.74) is 1.36. The van der Waals surface area contributed by atoms with Crippen molar-refractivity contribution >= 4 is 15.9 Å². The summed E-state index contributed by atoms with van der Waals surface area (Å²) in [5, 5.41) is 0. The van der Waals surface area contributed by atoms with Crippen molar-refractivity contribution in [2.24, 2.45) is 5.92 Å². The van der Waals surface area contributed by atoms with Crippen molar-refractivity contribution in [2.75, 3.05) is 0 Å². The summed E-state index contributed by atoms with van der Waals surface area (Å²) < 4.78 is 1.16. The van der Waals surface area contributed by atoms with Crippen molar-refractivity contribution in [3.63, 3.8) is 0 Å². The summed E-state index contributed by atoms with van der Waals surface area (Å²) in [6.45, 7) is 0. The molecule has 56 valence electrons. The van der Waals surface area contributed by atoms with Crippen molar-refractivity contribution in [1.29, 1.82) is 0 Å². The molecule has 1 fully saturated rings. The van der Waals surface area contributed by atoms with E-state index in [9.17, 15) is 0 Å². The zero-order valence-electron chi connectivity index (χ0n) is 6.26. The monoisotopic (exact) mass is 209 g/mol. The molecule has 1 aromatic rings. The Balaban J connectivity index is 2.06. The van der Waals surface area contributed by atoms with E-state index in [0.29, 0.717) is 0 Å². The lowest BCUT2D eigenvalue weighted by molar-refractivity contribution is 1.02. The van der Waals surface area contributed by atoms with Crippen LogP contribution in [0, 0.1) is 12.3 Å². The van der Waals surface area contributed by atoms with Crippen LogP contribution < -0.4 is 0 Å². The highest BCUT2D eigenvalue weighted by Gasteiger charge is 2.25. The van der Waals surface area contributed by atoms with Crippen LogP contribution in [0.3, 0.4) is 0 Å². The normalized spacial score (nSPS) is 16.5. The first kappa shape index (κ1) is 7.23. The first-order chi connectivity index (χ1) is 5.34. The van der Waals surface area contributed by atoms with Crippen LogP contribution in [0.4, 0.5) is 0 Å². The van der Waals surface area contributed by atoms with Crippen LogP contribution in [0.5, 0.6) is 0 Å². The molecule has 0 amide bonds. The zero-order valence-corrected chi connectivity index (χ0v) is 7.84. The number of hydrogen-bond donors (Lipinski definition) is 0. The summed E-state index contributed by atoms with van der Waals surface area (Å²) in [7, 11) is 0. The summed E-state index contributed by atoms with van der Waals surface area (Å²) in [4.78, 5) is 0. The topological polar surface area (TPSA) is 0 Å². The molecule has 0 aliphatic heterocycles. The van der Waals surface area contributed by atoms with Gasteiger partial charge in [-0.2, -0.15) is 0 Å². The fraction of sp³-hybridized carbons (Fsp3) is 0.300. The van der Waals surface area contributed by atoms with Crippen LogP contribution in [-0.2, 0) is 0 Å². The maximum Gasteiger partial charge on any atom is 0.130 e. The molecule has 1 aromatic carbocycles. The van der Waals surface area contributed by atoms with Gasteiger partial charge in [0, 0.05) is 41.1 Å². The van der Waals surface area contributed by atoms with E-state index in [4.69, 9.17) is 0 Å². The summed E-state index contributed by atoms with van der Waals surface area (Å²) in [6, 6.07) is 8.49. The van der Waals surface area contributed by atoms with Gasteiger partial charge < -0.3 is 0 Å². The van der Waals surface area contributed by atoms with E-state index in [-0.39, 0.29) is 0 Å². The average Bonchev–Trinajstić information content (AvgIpc) is 2.78. The fourth-order valence-corrected chi connectivity index (χ4v) is 1.37. The van der Waals surface area contributed by atoms with Crippen molar-refractivity contribution in [3.05, 3.63) is 40.7 Å². The van der Waals surface area contributed by atoms with Gasteiger partial charge >= 0.3 is 0 Å². The molecule has 0 nitrogen and oxygen atoms in total. The molecule has 0 aromatic heterocycles. The molecule has 0 heterocycles. The minimum Gasteiger partial charge on any atom is -0.0483 e. The molecular weight excluding hydrogens is 200 g/mol. The standard InChI is InChI=1S/C10H10Br/c11-10-5-3-9(4-6-10)7-8-1-2-8/h3-8H,1-2H2/q+1. The van der Waals surface area contributed by atoms with Gasteiger partial charge in [-0.15, -0.1) is 0 Å². The van der Waals surface area contributed by atoms with Gasteiger partial charge in [0.25, 0.3) is 0 Å². The lowest BCUT2D eigenvalue weighted by atomic mass is 10.1. The van der Waals surface area contributed by atoms with Gasteiger partial charge in [-0.05, 0) is 28.8 Å². The highest BCUT2D eigenvalue weighted by Crippen LogP contribution is 2.34. The van der Waals surface area contributed by atoms with E-state index in [1.807, 2.05) is 0 Å². The van der Waals surface area contributed by atoms with Gasteiger partial charge in [-0.1, -0.05) is 0 Å². The van der Waals surface area contributed by atoms with Crippen LogP contribution in [0.1, 0.15) is 18.4 Å². The van der Waals surface area contributed by atoms with Crippen molar-refractivity contribution in [2.45, 2.75) is 12.8 Å². The molecule has 1 saturated carbocycles. The molecule has 0 spiro atoms. The highest BCUT2D eigenvalue weighted by atomic mass is 79.9. The van der Waals surface area contributed by atoms with Gasteiger partial charge in [0.1, 0.15) is 5.56 Å². The molecule has 0 saturated heterocycles. The van der Waals surface area contributed by atoms with E-state index in [2.05, 4.69) is 46.6 Å². The Hall–Kier alpha value is -0.430. The average molecular weight is 210 g/mol. The molecule has 0 bridgehead atoms. The Bertz CT molecular complexity index is 234. The van der Waals surface area contributed by atoms with Crippen LogP contribution in [0.25, 0.3) is 0 Å². The zero-order chi connectivity index (χ0) is 7.68. The molecule has 11 heavy (non-hydrogen) atoms. The van der Waals surface area contributed by atoms with E-state index < -0.39 is 0 Å². The lowest BCUT2D eigenvalue weighted by Gasteiger charge is -1.88. The predicted molar refractivity (Wildman–Crippen MR) is 50.3 cm³/mol. The highest BCUT2D eigenvalue weighted by molar-refractivity contribution is 9.10. The van der Waals surface area contributed by atoms with Gasteiger partial charge in [-0.3, -0.25) is 0 Å². The minimum absolute atomic E-state index is 0.871. The molecule has 1 aliphatic carbocycles. The molecule has 0 radical (unpaired) electrons. The second-order valence-corrected chi connectivity index (χ2v) is 3.97. The van der Waals surface area contributed by atoms with E-state index >= 15 is 0 Å². The summed E-state index contributed by atoms with van der Waals surface area (Å²) in [5.74, 6) is 0.871.